The highest BCUT2D eigenvalue weighted by molar-refractivity contribution is 6.00. The zero-order chi connectivity index (χ0) is 63.9. The van der Waals surface area contributed by atoms with Gasteiger partial charge < -0.3 is 92.4 Å². The van der Waals surface area contributed by atoms with E-state index in [4.69, 9.17) is 15.2 Å². The molecular formula is C62H83N9O17. The maximum atomic E-state index is 14.8. The molecule has 0 aliphatic carbocycles. The molecular weight excluding hydrogens is 1140 g/mol. The number of aliphatic hydroxyl groups is 7. The molecule has 0 saturated carbocycles. The highest BCUT2D eigenvalue weighted by Crippen LogP contribution is 2.30. The second-order valence-electron chi connectivity index (χ2n) is 22.7. The van der Waals surface area contributed by atoms with Crippen molar-refractivity contribution >= 4 is 41.4 Å². The predicted molar refractivity (Wildman–Crippen MR) is 319 cm³/mol. The van der Waals surface area contributed by atoms with Crippen LogP contribution in [0.15, 0.2) is 97.1 Å². The number of ether oxygens (including phenoxy) is 2. The first-order valence-electron chi connectivity index (χ1n) is 29.6. The van der Waals surface area contributed by atoms with E-state index < -0.39 is 152 Å². The van der Waals surface area contributed by atoms with E-state index in [2.05, 4.69) is 38.8 Å². The van der Waals surface area contributed by atoms with Crippen LogP contribution in [0.2, 0.25) is 0 Å². The van der Waals surface area contributed by atoms with Gasteiger partial charge in [0.1, 0.15) is 66.1 Å². The number of hydrogen-bond acceptors (Lipinski definition) is 19. The summed E-state index contributed by atoms with van der Waals surface area (Å²) < 4.78 is 11.4. The number of nitrogens with two attached hydrogens (primary N) is 1. The van der Waals surface area contributed by atoms with Gasteiger partial charge in [-0.3, -0.25) is 38.9 Å². The average molecular weight is 1230 g/mol. The number of carbonyl (C=O) groups is 7. The van der Waals surface area contributed by atoms with Gasteiger partial charge in [-0.1, -0.05) is 87.4 Å². The number of nitrogens with zero attached hydrogens (tertiary/aromatic N) is 2. The first kappa shape index (κ1) is 67.9. The van der Waals surface area contributed by atoms with Gasteiger partial charge in [0.15, 0.2) is 0 Å². The molecule has 15 atom stereocenters. The molecule has 4 aromatic rings. The Balaban J connectivity index is 1.22. The number of unbranched alkanes of at least 4 members (excludes halogenated alkanes) is 2. The van der Waals surface area contributed by atoms with E-state index in [9.17, 15) is 74.4 Å². The van der Waals surface area contributed by atoms with Crippen LogP contribution in [0.3, 0.4) is 0 Å². The summed E-state index contributed by atoms with van der Waals surface area (Å²) in [5, 5.41) is 105. The zero-order valence-corrected chi connectivity index (χ0v) is 49.6. The van der Waals surface area contributed by atoms with Crippen molar-refractivity contribution < 1.29 is 83.9 Å². The molecule has 4 aromatic carbocycles. The van der Waals surface area contributed by atoms with Gasteiger partial charge in [-0.2, -0.15) is 0 Å². The van der Waals surface area contributed by atoms with Gasteiger partial charge in [0.2, 0.25) is 35.4 Å². The van der Waals surface area contributed by atoms with Gasteiger partial charge in [0.25, 0.3) is 5.91 Å². The summed E-state index contributed by atoms with van der Waals surface area (Å²) in [7, 11) is 0. The molecule has 0 bridgehead atoms. The molecule has 0 aromatic heterocycles. The molecule has 26 nitrogen and oxygen atoms in total. The summed E-state index contributed by atoms with van der Waals surface area (Å²) in [6.45, 7) is 5.79. The van der Waals surface area contributed by atoms with E-state index in [1.165, 1.54) is 43.3 Å². The predicted octanol–water partition coefficient (Wildman–Crippen LogP) is -1.35. The monoisotopic (exact) mass is 1230 g/mol. The van der Waals surface area contributed by atoms with Crippen LogP contribution < -0.4 is 42.4 Å². The molecule has 16 N–H and O–H groups in total. The molecule has 3 saturated heterocycles. The largest absolute Gasteiger partial charge is 0.508 e. The van der Waals surface area contributed by atoms with Gasteiger partial charge >= 0.3 is 0 Å². The Bertz CT molecular complexity index is 2990. The Kier molecular flexibility index (Phi) is 24.3. The average Bonchev–Trinajstić information content (AvgIpc) is 2.10. The number of carbonyl (C=O) groups excluding carboxylic acids is 7. The van der Waals surface area contributed by atoms with Crippen LogP contribution in [0, 0.1) is 5.92 Å². The van der Waals surface area contributed by atoms with Crippen LogP contribution >= 0.6 is 0 Å². The third kappa shape index (κ3) is 17.2. The van der Waals surface area contributed by atoms with Crippen LogP contribution in [0.1, 0.15) is 81.8 Å². The van der Waals surface area contributed by atoms with E-state index in [-0.39, 0.29) is 49.7 Å². The lowest BCUT2D eigenvalue weighted by atomic mass is 9.96. The smallest absolute Gasteiger partial charge is 0.251 e. The molecule has 88 heavy (non-hydrogen) atoms. The number of aliphatic hydroxyl groups excluding tert-OH is 7. The summed E-state index contributed by atoms with van der Waals surface area (Å²) in [6.07, 6.45) is -12.4. The number of hydrogen-bond donors (Lipinski definition) is 15. The van der Waals surface area contributed by atoms with Gasteiger partial charge in [-0.25, -0.2) is 0 Å². The van der Waals surface area contributed by atoms with Crippen molar-refractivity contribution in [3.8, 4) is 33.8 Å². The third-order valence-corrected chi connectivity index (χ3v) is 15.9. The van der Waals surface area contributed by atoms with Crippen molar-refractivity contribution in [3.05, 3.63) is 108 Å². The Morgan fingerprint density at radius 1 is 0.659 bits per heavy atom. The van der Waals surface area contributed by atoms with Gasteiger partial charge in [-0.05, 0) is 84.5 Å². The highest BCUT2D eigenvalue weighted by atomic mass is 16.5. The zero-order valence-electron chi connectivity index (χ0n) is 49.6. The van der Waals surface area contributed by atoms with E-state index in [1.807, 2.05) is 48.5 Å². The number of aromatic hydroxyl groups is 1. The van der Waals surface area contributed by atoms with Crippen LogP contribution in [0.5, 0.6) is 11.5 Å². The Morgan fingerprint density at radius 2 is 1.22 bits per heavy atom. The maximum Gasteiger partial charge on any atom is 0.251 e. The van der Waals surface area contributed by atoms with Crippen molar-refractivity contribution in [2.75, 3.05) is 46.0 Å². The number of phenolic OH excluding ortho intramolecular Hbond substituents is 1. The van der Waals surface area contributed by atoms with Crippen LogP contribution in [-0.2, 0) is 33.5 Å². The second kappa shape index (κ2) is 31.5. The minimum absolute atomic E-state index is 0.0349. The summed E-state index contributed by atoms with van der Waals surface area (Å²) in [6, 6.07) is 15.2. The molecule has 478 valence electrons. The lowest BCUT2D eigenvalue weighted by Gasteiger charge is -2.34. The molecule has 7 rings (SSSR count). The number of benzene rings is 4. The van der Waals surface area contributed by atoms with Crippen LogP contribution in [-0.4, -0.2) is 217 Å². The van der Waals surface area contributed by atoms with Crippen molar-refractivity contribution in [1.29, 1.82) is 0 Å². The van der Waals surface area contributed by atoms with E-state index in [1.54, 1.807) is 12.1 Å². The fraction of sp³-hybridized carbons (Fsp3) is 0.500. The molecule has 0 radical (unpaired) electrons. The summed E-state index contributed by atoms with van der Waals surface area (Å²) in [5.74, 6) is -8.25. The highest BCUT2D eigenvalue weighted by Gasteiger charge is 2.50. The van der Waals surface area contributed by atoms with Crippen molar-refractivity contribution in [2.45, 2.75) is 145 Å². The Morgan fingerprint density at radius 3 is 1.80 bits per heavy atom. The number of amides is 7. The summed E-state index contributed by atoms with van der Waals surface area (Å²) in [5.41, 5.74) is 9.06. The van der Waals surface area contributed by atoms with E-state index in [0.29, 0.717) is 6.61 Å². The molecule has 6 unspecified atom stereocenters. The fourth-order valence-electron chi connectivity index (χ4n) is 10.9. The molecule has 3 aliphatic rings. The topological polar surface area (TPSA) is 404 Å². The van der Waals surface area contributed by atoms with Gasteiger partial charge in [0, 0.05) is 50.5 Å². The van der Waals surface area contributed by atoms with Gasteiger partial charge in [0.05, 0.1) is 50.3 Å². The SMILES string of the molecule is CCCCCOc1ccc(-c2ccc(-c3ccc(C(=O)N[C@@H]4C[C@@H](O)C(NCCOCCN)NC(=O)C5[C@@H](O)[C@@H](C)CN5C(=O)C([C@@H](C)O)NC(=O)C([C@H](O)[C@@H](O)c5ccc(O)cc5)NC(=O)C5C[C@@H](O)CN5C(=O)C([C@@H](C)O)NC4=O)cc3)cc2)cc1. The van der Waals surface area contributed by atoms with Crippen molar-refractivity contribution in [2.24, 2.45) is 11.7 Å². The van der Waals surface area contributed by atoms with Crippen molar-refractivity contribution in [1.82, 2.24) is 41.7 Å². The van der Waals surface area contributed by atoms with Crippen molar-refractivity contribution in [3.63, 3.8) is 0 Å². The van der Waals surface area contributed by atoms with Crippen LogP contribution in [0.25, 0.3) is 22.3 Å². The first-order chi connectivity index (χ1) is 42.0. The molecule has 3 fully saturated rings. The molecule has 3 heterocycles. The van der Waals surface area contributed by atoms with Crippen LogP contribution in [0.4, 0.5) is 0 Å². The minimum atomic E-state index is -2.29. The number of fused-ring (bicyclic) bond motifs is 2. The first-order valence-corrected chi connectivity index (χ1v) is 29.6. The fourth-order valence-corrected chi connectivity index (χ4v) is 10.9. The van der Waals surface area contributed by atoms with E-state index >= 15 is 0 Å². The molecule has 0 spiro atoms. The standard InChI is InChI=1S/C62H83N9O17/c1-5-6-7-26-88-44-22-18-39(19-23-44)37-10-8-36(9-11-37)38-12-14-41(15-13-38)56(80)65-45-30-47(76)55(64-25-28-87-27-24-63)69-60(84)51-52(77)33(2)31-71(51)62(86)49(35(4)73)67-59(83)50(54(79)53(78)40-16-20-42(74)21-17-40)68-58(82)46-29-43(75)32-70(46)61(85)48(34(3)72)66-57(45)81/h8-23,33-35,43,45-55,64,72-79H,5-7,24-32,63H2,1-4H3,(H,65,80)(H,66,81)(H,67,83)(H,68,82)(H,69,84)/t33-,34+,35+,43+,45+,46?,47+,48?,49?,50?,51?,52-,53-,54-,55?/m0/s1. The summed E-state index contributed by atoms with van der Waals surface area (Å²) >= 11 is 0. The second-order valence-corrected chi connectivity index (χ2v) is 22.7. The molecule has 26 heteroatoms. The van der Waals surface area contributed by atoms with E-state index in [0.717, 1.165) is 70.9 Å². The quantitative estimate of drug-likeness (QED) is 0.0455. The number of phenols is 1. The molecule has 7 amide bonds. The number of nitrogens with one attached hydrogen (secondary N) is 6. The summed E-state index contributed by atoms with van der Waals surface area (Å²) in [4.78, 5) is 104. The molecule has 3 aliphatic heterocycles. The number of rotatable bonds is 20. The maximum absolute atomic E-state index is 14.8. The lowest BCUT2D eigenvalue weighted by Crippen LogP contribution is -2.64. The minimum Gasteiger partial charge on any atom is -0.508 e. The normalized spacial score (nSPS) is 26.5. The third-order valence-electron chi connectivity index (χ3n) is 15.9. The lowest BCUT2D eigenvalue weighted by molar-refractivity contribution is -0.148. The van der Waals surface area contributed by atoms with Gasteiger partial charge in [-0.15, -0.1) is 0 Å². The Labute approximate surface area is 509 Å². The Hall–Kier alpha value is -7.63.